The number of likely N-dealkylation sites (tertiary alicyclic amines) is 1. The summed E-state index contributed by atoms with van der Waals surface area (Å²) in [6, 6.07) is 9.32. The Balaban J connectivity index is 1.55. The van der Waals surface area contributed by atoms with Crippen molar-refractivity contribution in [3.05, 3.63) is 36.0 Å². The van der Waals surface area contributed by atoms with Gasteiger partial charge in [0.2, 0.25) is 5.95 Å². The minimum atomic E-state index is -0.262. The summed E-state index contributed by atoms with van der Waals surface area (Å²) in [7, 11) is 0. The summed E-state index contributed by atoms with van der Waals surface area (Å²) in [5.41, 5.74) is 1.40. The van der Waals surface area contributed by atoms with Gasteiger partial charge < -0.3 is 20.3 Å². The van der Waals surface area contributed by atoms with Gasteiger partial charge in [-0.25, -0.2) is 4.79 Å². The van der Waals surface area contributed by atoms with E-state index in [9.17, 15) is 4.79 Å². The van der Waals surface area contributed by atoms with Crippen LogP contribution in [0.15, 0.2) is 30.5 Å². The van der Waals surface area contributed by atoms with E-state index < -0.39 is 0 Å². The average molecular weight is 367 g/mol. The predicted molar refractivity (Wildman–Crippen MR) is 99.5 cm³/mol. The standard InChI is InChI=1S/C18H21N7O2/c1-2-27-18(26)25-9-7-15(8-10-25)22-17-23-16(12-20-24-17)21-14-5-3-13(11-19)4-6-14/h3-6,12,15H,2,7-10H2,1H3,(H2,21,22,23,24). The highest BCUT2D eigenvalue weighted by atomic mass is 16.6. The maximum Gasteiger partial charge on any atom is 0.409 e. The van der Waals surface area contributed by atoms with Crippen molar-refractivity contribution in [3.8, 4) is 6.07 Å². The molecule has 9 heteroatoms. The van der Waals surface area contributed by atoms with E-state index in [1.165, 1.54) is 6.20 Å². The van der Waals surface area contributed by atoms with Crippen molar-refractivity contribution in [2.24, 2.45) is 0 Å². The lowest BCUT2D eigenvalue weighted by Crippen LogP contribution is -2.42. The topological polar surface area (TPSA) is 116 Å². The molecular formula is C18H21N7O2. The summed E-state index contributed by atoms with van der Waals surface area (Å²) in [5, 5.41) is 23.3. The van der Waals surface area contributed by atoms with Crippen LogP contribution in [-0.4, -0.2) is 51.9 Å². The molecule has 1 aromatic heterocycles. The molecule has 1 aromatic carbocycles. The second-order valence-corrected chi connectivity index (χ2v) is 6.08. The van der Waals surface area contributed by atoms with Crippen molar-refractivity contribution >= 4 is 23.5 Å². The minimum Gasteiger partial charge on any atom is -0.450 e. The summed E-state index contributed by atoms with van der Waals surface area (Å²) in [5.74, 6) is 0.990. The van der Waals surface area contributed by atoms with Crippen LogP contribution in [0.4, 0.5) is 22.2 Å². The molecule has 0 radical (unpaired) electrons. The number of anilines is 3. The molecule has 0 spiro atoms. The van der Waals surface area contributed by atoms with Gasteiger partial charge in [0.1, 0.15) is 0 Å². The van der Waals surface area contributed by atoms with Crippen molar-refractivity contribution in [2.75, 3.05) is 30.3 Å². The van der Waals surface area contributed by atoms with Crippen LogP contribution in [0.3, 0.4) is 0 Å². The monoisotopic (exact) mass is 367 g/mol. The summed E-state index contributed by atoms with van der Waals surface area (Å²) < 4.78 is 5.03. The van der Waals surface area contributed by atoms with Crippen LogP contribution < -0.4 is 10.6 Å². The highest BCUT2D eigenvalue weighted by molar-refractivity contribution is 5.67. The number of nitrogens with zero attached hydrogens (tertiary/aromatic N) is 5. The molecule has 0 unspecified atom stereocenters. The molecule has 140 valence electrons. The molecule has 2 heterocycles. The summed E-state index contributed by atoms with van der Waals surface area (Å²) in [6.45, 7) is 3.45. The van der Waals surface area contributed by atoms with E-state index in [0.717, 1.165) is 18.5 Å². The zero-order valence-corrected chi connectivity index (χ0v) is 15.1. The lowest BCUT2D eigenvalue weighted by Gasteiger charge is -2.31. The van der Waals surface area contributed by atoms with Crippen LogP contribution in [0.5, 0.6) is 0 Å². The van der Waals surface area contributed by atoms with E-state index in [0.29, 0.717) is 37.0 Å². The van der Waals surface area contributed by atoms with Crippen LogP contribution in [-0.2, 0) is 4.74 Å². The number of piperidine rings is 1. The first-order chi connectivity index (χ1) is 13.2. The first-order valence-corrected chi connectivity index (χ1v) is 8.83. The van der Waals surface area contributed by atoms with Crippen LogP contribution in [0.2, 0.25) is 0 Å². The number of carbonyl (C=O) groups is 1. The Bertz CT molecular complexity index is 811. The Hall–Kier alpha value is -3.41. The fourth-order valence-corrected chi connectivity index (χ4v) is 2.80. The van der Waals surface area contributed by atoms with Crippen molar-refractivity contribution < 1.29 is 9.53 Å². The number of hydrogen-bond acceptors (Lipinski definition) is 8. The van der Waals surface area contributed by atoms with Crippen LogP contribution in [0, 0.1) is 11.3 Å². The fourth-order valence-electron chi connectivity index (χ4n) is 2.80. The molecule has 1 aliphatic heterocycles. The molecule has 9 nitrogen and oxygen atoms in total. The Labute approximate surface area is 157 Å². The lowest BCUT2D eigenvalue weighted by atomic mass is 10.1. The molecule has 27 heavy (non-hydrogen) atoms. The highest BCUT2D eigenvalue weighted by Crippen LogP contribution is 2.18. The largest absolute Gasteiger partial charge is 0.450 e. The second-order valence-electron chi connectivity index (χ2n) is 6.08. The normalized spacial score (nSPS) is 14.3. The molecule has 0 atom stereocenters. The van der Waals surface area contributed by atoms with Gasteiger partial charge in [-0.05, 0) is 44.0 Å². The number of nitrogens with one attached hydrogen (secondary N) is 2. The summed E-state index contributed by atoms with van der Waals surface area (Å²) in [6.07, 6.45) is 2.85. The van der Waals surface area contributed by atoms with Gasteiger partial charge in [-0.1, -0.05) is 0 Å². The van der Waals surface area contributed by atoms with Gasteiger partial charge in [-0.15, -0.1) is 5.10 Å². The molecule has 0 saturated carbocycles. The number of nitriles is 1. The number of carbonyl (C=O) groups excluding carboxylic acids is 1. The smallest absolute Gasteiger partial charge is 0.409 e. The summed E-state index contributed by atoms with van der Waals surface area (Å²) in [4.78, 5) is 17.9. The van der Waals surface area contributed by atoms with Gasteiger partial charge in [-0.2, -0.15) is 15.3 Å². The number of ether oxygens (including phenoxy) is 1. The number of amides is 1. The highest BCUT2D eigenvalue weighted by Gasteiger charge is 2.24. The van der Waals surface area contributed by atoms with Gasteiger partial charge in [0.05, 0.1) is 24.4 Å². The Morgan fingerprint density at radius 1 is 1.33 bits per heavy atom. The SMILES string of the molecule is CCOC(=O)N1CCC(Nc2nncc(Nc3ccc(C#N)cc3)n2)CC1. The number of aromatic nitrogens is 3. The van der Waals surface area contributed by atoms with E-state index in [2.05, 4.69) is 31.9 Å². The molecule has 1 aliphatic rings. The van der Waals surface area contributed by atoms with E-state index in [-0.39, 0.29) is 12.1 Å². The number of rotatable bonds is 5. The predicted octanol–water partition coefficient (Wildman–Crippen LogP) is 2.52. The van der Waals surface area contributed by atoms with E-state index in [1.54, 1.807) is 36.1 Å². The second kappa shape index (κ2) is 8.80. The molecule has 1 fully saturated rings. The minimum absolute atomic E-state index is 0.169. The molecule has 3 rings (SSSR count). The molecule has 2 aromatic rings. The van der Waals surface area contributed by atoms with Crippen molar-refractivity contribution in [1.29, 1.82) is 5.26 Å². The molecule has 0 bridgehead atoms. The lowest BCUT2D eigenvalue weighted by molar-refractivity contribution is 0.0983. The molecular weight excluding hydrogens is 346 g/mol. The van der Waals surface area contributed by atoms with Crippen LogP contribution in [0.25, 0.3) is 0 Å². The van der Waals surface area contributed by atoms with E-state index in [4.69, 9.17) is 10.00 Å². The fraction of sp³-hybridized carbons (Fsp3) is 0.389. The number of hydrogen-bond donors (Lipinski definition) is 2. The number of benzene rings is 1. The van der Waals surface area contributed by atoms with Gasteiger partial charge in [0.15, 0.2) is 5.82 Å². The van der Waals surface area contributed by atoms with Crippen molar-refractivity contribution in [1.82, 2.24) is 20.1 Å². The molecule has 0 aliphatic carbocycles. The quantitative estimate of drug-likeness (QED) is 0.828. The van der Waals surface area contributed by atoms with E-state index >= 15 is 0 Å². The zero-order valence-electron chi connectivity index (χ0n) is 15.1. The first-order valence-electron chi connectivity index (χ1n) is 8.83. The third-order valence-electron chi connectivity index (χ3n) is 4.20. The molecule has 2 N–H and O–H groups in total. The zero-order chi connectivity index (χ0) is 19.1. The Morgan fingerprint density at radius 3 is 2.74 bits per heavy atom. The van der Waals surface area contributed by atoms with Gasteiger partial charge >= 0.3 is 6.09 Å². The Kier molecular flexibility index (Phi) is 5.99. The average Bonchev–Trinajstić information content (AvgIpc) is 2.70. The first kappa shape index (κ1) is 18.4. The van der Waals surface area contributed by atoms with Crippen LogP contribution in [0.1, 0.15) is 25.3 Å². The maximum atomic E-state index is 11.7. The maximum absolute atomic E-state index is 11.7. The summed E-state index contributed by atoms with van der Waals surface area (Å²) >= 11 is 0. The van der Waals surface area contributed by atoms with Crippen LogP contribution >= 0.6 is 0 Å². The molecule has 1 saturated heterocycles. The Morgan fingerprint density at radius 2 is 2.07 bits per heavy atom. The van der Waals surface area contributed by atoms with Crippen molar-refractivity contribution in [3.63, 3.8) is 0 Å². The third kappa shape index (κ3) is 5.04. The van der Waals surface area contributed by atoms with Gasteiger partial charge in [-0.3, -0.25) is 0 Å². The van der Waals surface area contributed by atoms with Crippen molar-refractivity contribution in [2.45, 2.75) is 25.8 Å². The third-order valence-corrected chi connectivity index (χ3v) is 4.20. The molecule has 1 amide bonds. The van der Waals surface area contributed by atoms with Gasteiger partial charge in [0, 0.05) is 24.8 Å². The van der Waals surface area contributed by atoms with E-state index in [1.807, 2.05) is 0 Å². The van der Waals surface area contributed by atoms with Gasteiger partial charge in [0.25, 0.3) is 0 Å².